The maximum atomic E-state index is 8.33. The van der Waals surface area contributed by atoms with Gasteiger partial charge in [-0.2, -0.15) is 0 Å². The average molecular weight is 413 g/mol. The Morgan fingerprint density at radius 2 is 2.00 bits per heavy atom. The van der Waals surface area contributed by atoms with Gasteiger partial charge in [-0.15, -0.1) is 0 Å². The number of methoxy groups -OCH3 is 1. The summed E-state index contributed by atoms with van der Waals surface area (Å²) in [7, 11) is 1.66. The molecular formula is C23H27NO6. The SMILES string of the molecule is CCCCOc1ccc2oc(-c3ccc(CN4CC(OOO)C4)cc3OC)cc2c1. The highest BCUT2D eigenvalue weighted by Gasteiger charge is 2.28. The number of fused-ring (bicyclic) bond motifs is 1. The molecule has 2 aromatic carbocycles. The molecule has 1 saturated heterocycles. The molecule has 30 heavy (non-hydrogen) atoms. The van der Waals surface area contributed by atoms with Gasteiger partial charge in [0.2, 0.25) is 0 Å². The van der Waals surface area contributed by atoms with Gasteiger partial charge in [-0.3, -0.25) is 4.90 Å². The highest BCUT2D eigenvalue weighted by Crippen LogP contribution is 2.36. The summed E-state index contributed by atoms with van der Waals surface area (Å²) in [6, 6.07) is 14.0. The second-order valence-electron chi connectivity index (χ2n) is 7.53. The molecule has 0 saturated carbocycles. The van der Waals surface area contributed by atoms with Crippen LogP contribution in [0.15, 0.2) is 46.9 Å². The van der Waals surface area contributed by atoms with E-state index in [9.17, 15) is 0 Å². The summed E-state index contributed by atoms with van der Waals surface area (Å²) >= 11 is 0. The Morgan fingerprint density at radius 1 is 1.13 bits per heavy atom. The van der Waals surface area contributed by atoms with Gasteiger partial charge in [0.1, 0.15) is 28.9 Å². The molecule has 0 aliphatic carbocycles. The van der Waals surface area contributed by atoms with Crippen LogP contribution < -0.4 is 9.47 Å². The first-order valence-corrected chi connectivity index (χ1v) is 10.2. The molecule has 4 rings (SSSR count). The van der Waals surface area contributed by atoms with Crippen LogP contribution in [0.4, 0.5) is 0 Å². The Labute approximate surface area is 175 Å². The zero-order chi connectivity index (χ0) is 20.9. The summed E-state index contributed by atoms with van der Waals surface area (Å²) in [5.74, 6) is 2.38. The second kappa shape index (κ2) is 9.49. The first-order valence-electron chi connectivity index (χ1n) is 10.2. The lowest BCUT2D eigenvalue weighted by Gasteiger charge is -2.37. The van der Waals surface area contributed by atoms with Crippen LogP contribution in [-0.2, 0) is 16.5 Å². The molecule has 160 valence electrons. The van der Waals surface area contributed by atoms with E-state index in [1.54, 1.807) is 7.11 Å². The normalized spacial score (nSPS) is 14.8. The summed E-state index contributed by atoms with van der Waals surface area (Å²) in [5.41, 5.74) is 2.85. The van der Waals surface area contributed by atoms with Crippen molar-refractivity contribution in [2.75, 3.05) is 26.8 Å². The van der Waals surface area contributed by atoms with E-state index < -0.39 is 0 Å². The number of ether oxygens (including phenoxy) is 2. The third-order valence-corrected chi connectivity index (χ3v) is 5.29. The van der Waals surface area contributed by atoms with Crippen molar-refractivity contribution in [3.63, 3.8) is 0 Å². The van der Waals surface area contributed by atoms with Crippen molar-refractivity contribution in [1.82, 2.24) is 4.90 Å². The van der Waals surface area contributed by atoms with Crippen molar-refractivity contribution in [2.45, 2.75) is 32.4 Å². The van der Waals surface area contributed by atoms with E-state index in [0.29, 0.717) is 13.1 Å². The summed E-state index contributed by atoms with van der Waals surface area (Å²) in [6.07, 6.45) is 2.05. The minimum absolute atomic E-state index is 0.0949. The number of benzene rings is 2. The van der Waals surface area contributed by atoms with Crippen molar-refractivity contribution < 1.29 is 29.1 Å². The Kier molecular flexibility index (Phi) is 6.54. The maximum absolute atomic E-state index is 8.33. The molecule has 0 spiro atoms. The van der Waals surface area contributed by atoms with Gasteiger partial charge in [0.05, 0.1) is 19.3 Å². The van der Waals surface area contributed by atoms with Crippen LogP contribution in [0.2, 0.25) is 0 Å². The smallest absolute Gasteiger partial charge is 0.139 e. The van der Waals surface area contributed by atoms with Crippen LogP contribution in [-0.4, -0.2) is 43.1 Å². The third kappa shape index (κ3) is 4.60. The minimum Gasteiger partial charge on any atom is -0.496 e. The molecule has 1 aromatic heterocycles. The zero-order valence-electron chi connectivity index (χ0n) is 17.3. The molecule has 1 fully saturated rings. The van der Waals surface area contributed by atoms with Gasteiger partial charge in [0, 0.05) is 25.0 Å². The third-order valence-electron chi connectivity index (χ3n) is 5.29. The number of likely N-dealkylation sites (tertiary alicyclic amines) is 1. The van der Waals surface area contributed by atoms with Crippen LogP contribution in [0, 0.1) is 0 Å². The van der Waals surface area contributed by atoms with Gasteiger partial charge in [-0.25, -0.2) is 10.1 Å². The molecule has 0 atom stereocenters. The maximum Gasteiger partial charge on any atom is 0.139 e. The quantitative estimate of drug-likeness (QED) is 0.288. The van der Waals surface area contributed by atoms with Crippen molar-refractivity contribution in [3.8, 4) is 22.8 Å². The molecule has 1 aliphatic rings. The number of hydrogen-bond donors (Lipinski definition) is 1. The number of furan rings is 1. The molecule has 0 bridgehead atoms. The van der Waals surface area contributed by atoms with E-state index in [1.165, 1.54) is 0 Å². The highest BCUT2D eigenvalue weighted by atomic mass is 17.5. The first kappa shape index (κ1) is 20.7. The van der Waals surface area contributed by atoms with Gasteiger partial charge in [-0.1, -0.05) is 24.4 Å². The van der Waals surface area contributed by atoms with E-state index in [-0.39, 0.29) is 6.10 Å². The van der Waals surface area contributed by atoms with Gasteiger partial charge in [0.25, 0.3) is 0 Å². The minimum atomic E-state index is -0.0949. The largest absolute Gasteiger partial charge is 0.496 e. The lowest BCUT2D eigenvalue weighted by molar-refractivity contribution is -0.513. The van der Waals surface area contributed by atoms with Crippen LogP contribution >= 0.6 is 0 Å². The zero-order valence-corrected chi connectivity index (χ0v) is 17.3. The molecule has 1 aliphatic heterocycles. The van der Waals surface area contributed by atoms with E-state index in [1.807, 2.05) is 36.4 Å². The summed E-state index contributed by atoms with van der Waals surface area (Å²) in [5, 5.41) is 13.1. The summed E-state index contributed by atoms with van der Waals surface area (Å²) in [4.78, 5) is 6.89. The molecule has 0 radical (unpaired) electrons. The standard InChI is InChI=1S/C23H27NO6/c1-3-4-9-27-18-6-8-21-17(11-18)12-23(28-21)20-7-5-16(10-22(20)26-2)13-24-14-19(15-24)29-30-25/h5-8,10-12,19,25H,3-4,9,13-15H2,1-2H3. The number of hydrogen-bond acceptors (Lipinski definition) is 7. The molecule has 7 nitrogen and oxygen atoms in total. The molecule has 0 unspecified atom stereocenters. The van der Waals surface area contributed by atoms with Crippen LogP contribution in [0.1, 0.15) is 25.3 Å². The Hall–Kier alpha value is -2.58. The molecule has 3 aromatic rings. The molecule has 1 N–H and O–H groups in total. The highest BCUT2D eigenvalue weighted by molar-refractivity contribution is 5.85. The summed E-state index contributed by atoms with van der Waals surface area (Å²) < 4.78 is 17.5. The fourth-order valence-corrected chi connectivity index (χ4v) is 3.65. The number of rotatable bonds is 10. The monoisotopic (exact) mass is 413 g/mol. The van der Waals surface area contributed by atoms with Crippen molar-refractivity contribution in [3.05, 3.63) is 48.0 Å². The van der Waals surface area contributed by atoms with Crippen LogP contribution in [0.3, 0.4) is 0 Å². The Morgan fingerprint density at radius 3 is 2.77 bits per heavy atom. The number of nitrogens with zero attached hydrogens (tertiary/aromatic N) is 1. The predicted molar refractivity (Wildman–Crippen MR) is 112 cm³/mol. The van der Waals surface area contributed by atoms with E-state index >= 15 is 0 Å². The lowest BCUT2D eigenvalue weighted by Crippen LogP contribution is -2.51. The van der Waals surface area contributed by atoms with Gasteiger partial charge in [-0.05, 0) is 48.4 Å². The van der Waals surface area contributed by atoms with E-state index in [4.69, 9.17) is 24.0 Å². The van der Waals surface area contributed by atoms with Gasteiger partial charge >= 0.3 is 0 Å². The molecule has 7 heteroatoms. The van der Waals surface area contributed by atoms with E-state index in [0.717, 1.165) is 65.3 Å². The van der Waals surface area contributed by atoms with Crippen LogP contribution in [0.5, 0.6) is 11.5 Å². The van der Waals surface area contributed by atoms with E-state index in [2.05, 4.69) is 22.9 Å². The predicted octanol–water partition coefficient (Wildman–Crippen LogP) is 4.89. The second-order valence-corrected chi connectivity index (χ2v) is 7.53. The molecule has 0 amide bonds. The lowest BCUT2D eigenvalue weighted by atomic mass is 10.1. The Bertz CT molecular complexity index is 979. The van der Waals surface area contributed by atoms with Gasteiger partial charge in [0.15, 0.2) is 0 Å². The van der Waals surface area contributed by atoms with Crippen LogP contribution in [0.25, 0.3) is 22.3 Å². The van der Waals surface area contributed by atoms with Crippen molar-refractivity contribution in [2.24, 2.45) is 0 Å². The fourth-order valence-electron chi connectivity index (χ4n) is 3.65. The topological polar surface area (TPSA) is 73.5 Å². The van der Waals surface area contributed by atoms with Gasteiger partial charge < -0.3 is 13.9 Å². The summed E-state index contributed by atoms with van der Waals surface area (Å²) in [6.45, 7) is 5.04. The Balaban J connectivity index is 1.49. The number of unbranched alkanes of at least 4 members (excludes halogenated alkanes) is 1. The van der Waals surface area contributed by atoms with Crippen molar-refractivity contribution >= 4 is 11.0 Å². The fraction of sp³-hybridized carbons (Fsp3) is 0.391. The first-order chi connectivity index (χ1) is 14.7. The molecule has 2 heterocycles. The molecular weight excluding hydrogens is 386 g/mol. The van der Waals surface area contributed by atoms with Crippen molar-refractivity contribution in [1.29, 1.82) is 0 Å². The average Bonchev–Trinajstić information content (AvgIpc) is 3.15.